The van der Waals surface area contributed by atoms with E-state index in [1.807, 2.05) is 19.0 Å². The molecule has 0 aliphatic heterocycles. The van der Waals surface area contributed by atoms with Crippen molar-refractivity contribution in [2.75, 3.05) is 14.1 Å². The molecule has 0 atom stereocenters. The van der Waals surface area contributed by atoms with Gasteiger partial charge in [-0.05, 0) is 27.5 Å². The second kappa shape index (κ2) is 8.48. The molecule has 0 saturated carbocycles. The fourth-order valence-corrected chi connectivity index (χ4v) is 0.796. The van der Waals surface area contributed by atoms with Gasteiger partial charge in [0.15, 0.2) is 0 Å². The van der Waals surface area contributed by atoms with E-state index in [2.05, 4.69) is 0 Å². The first kappa shape index (κ1) is 5.01. The maximum Gasteiger partial charge on any atom is 2.00 e. The Kier molecular flexibility index (Phi) is 2.83. The molecule has 2 rings (SSSR count). The van der Waals surface area contributed by atoms with Crippen LogP contribution < -0.4 is 0 Å². The number of hydrogen-bond donors (Lipinski definition) is 0. The van der Waals surface area contributed by atoms with Gasteiger partial charge in [-0.25, -0.2) is 18.1 Å². The summed E-state index contributed by atoms with van der Waals surface area (Å²) in [6, 6.07) is -1.86. The summed E-state index contributed by atoms with van der Waals surface area (Å²) in [7, 11) is 3.66. The quantitative estimate of drug-likeness (QED) is 0.586. The summed E-state index contributed by atoms with van der Waals surface area (Å²) < 4.78 is 64.6. The second-order valence-electron chi connectivity index (χ2n) is 2.84. The van der Waals surface area contributed by atoms with Crippen LogP contribution in [0.15, 0.2) is 54.4 Å². The van der Waals surface area contributed by atoms with Crippen LogP contribution in [0, 0.1) is 0 Å². The van der Waals surface area contributed by atoms with Gasteiger partial charge >= 0.3 is 17.1 Å². The molecule has 0 saturated heterocycles. The van der Waals surface area contributed by atoms with Gasteiger partial charge in [-0.2, -0.15) is 41.8 Å². The van der Waals surface area contributed by atoms with Gasteiger partial charge in [0.05, 0.1) is 0 Å². The molecule has 0 amide bonds. The van der Waals surface area contributed by atoms with Crippen molar-refractivity contribution >= 4 is 0 Å². The monoisotopic (exact) mass is 252 g/mol. The molecule has 2 heteroatoms. The molecule has 0 unspecified atom stereocenters. The minimum absolute atomic E-state index is 0. The third kappa shape index (κ3) is 7.15. The van der Waals surface area contributed by atoms with Crippen LogP contribution in [0.3, 0.4) is 0 Å². The van der Waals surface area contributed by atoms with Gasteiger partial charge in [-0.1, -0.05) is 0 Å². The van der Waals surface area contributed by atoms with Gasteiger partial charge in [0.1, 0.15) is 0 Å². The molecule has 2 aromatic carbocycles. The van der Waals surface area contributed by atoms with Gasteiger partial charge in [0, 0.05) is 5.48 Å². The molecule has 0 fully saturated rings. The summed E-state index contributed by atoms with van der Waals surface area (Å²) in [5.41, 5.74) is 0.472. The largest absolute Gasteiger partial charge is 2.00 e. The molecule has 15 heavy (non-hydrogen) atoms. The Morgan fingerprint density at radius 3 is 2.27 bits per heavy atom. The number of hydrogen-bond acceptors (Lipinski definition) is 1. The van der Waals surface area contributed by atoms with Crippen molar-refractivity contribution in [3.05, 3.63) is 59.9 Å². The summed E-state index contributed by atoms with van der Waals surface area (Å²) in [5.74, 6) is 0. The van der Waals surface area contributed by atoms with E-state index in [1.165, 1.54) is 0 Å². The van der Waals surface area contributed by atoms with Crippen LogP contribution in [-0.2, 0) is 23.6 Å². The molecule has 0 spiro atoms. The SMILES string of the molecule is [2H]c1c(CN(C)C)c([2H])[c-]([2H])c1[2H].[2H]c1c([2H])c([2H])[c-]([2H])c1[2H].[Fe+2]. The van der Waals surface area contributed by atoms with E-state index in [1.54, 1.807) is 0 Å². The average molecular weight is 252 g/mol. The van der Waals surface area contributed by atoms with Gasteiger partial charge in [0.25, 0.3) is 0 Å². The second-order valence-corrected chi connectivity index (χ2v) is 2.84. The Labute approximate surface area is 116 Å². The first-order chi connectivity index (χ1) is 10.5. The zero-order chi connectivity index (χ0) is 18.1. The molecule has 2 aromatic rings. The number of rotatable bonds is 2. The fraction of sp³-hybridized carbons (Fsp3) is 0.231. The van der Waals surface area contributed by atoms with Gasteiger partial charge in [0.2, 0.25) is 0 Å². The predicted octanol–water partition coefficient (Wildman–Crippen LogP) is 2.87. The van der Waals surface area contributed by atoms with E-state index >= 15 is 0 Å². The Morgan fingerprint density at radius 1 is 1.27 bits per heavy atom. The van der Waals surface area contributed by atoms with Crippen LogP contribution in [0.4, 0.5) is 0 Å². The summed E-state index contributed by atoms with van der Waals surface area (Å²) >= 11 is 0. The minimum atomic E-state index is -0.324. The van der Waals surface area contributed by atoms with Crippen molar-refractivity contribution in [1.29, 1.82) is 0 Å². The molecule has 0 aliphatic rings. The zero-order valence-corrected chi connectivity index (χ0v) is 9.61. The molecule has 0 radical (unpaired) electrons. The number of nitrogens with zero attached hydrogens (tertiary/aromatic N) is 1. The first-order valence-electron chi connectivity index (χ1n) is 8.56. The van der Waals surface area contributed by atoms with Crippen molar-refractivity contribution in [3.8, 4) is 0 Å². The summed E-state index contributed by atoms with van der Waals surface area (Å²) in [5, 5.41) is 0. The molecule has 0 N–H and O–H groups in total. The normalized spacial score (nSPS) is 17.4. The van der Waals surface area contributed by atoms with E-state index in [0.29, 0.717) is 12.1 Å². The van der Waals surface area contributed by atoms with Crippen molar-refractivity contribution in [2.45, 2.75) is 6.54 Å². The molecule has 1 nitrogen and oxygen atoms in total. The Bertz CT molecular complexity index is 600. The van der Waals surface area contributed by atoms with Crippen LogP contribution in [-0.4, -0.2) is 19.0 Å². The third-order valence-corrected chi connectivity index (χ3v) is 1.28. The first-order valence-corrected chi connectivity index (χ1v) is 4.06. The maximum absolute atomic E-state index is 7.50. The standard InChI is InChI=1S/C8H12N.C5H5.Fe/c1-9(2)7-8-5-3-4-6-8;1-2-4-5-3-1;/h3-6H,7H2,1-2H3;1-5H;/q2*-1;+2/i3D,4D,5D,6D;1D,2D,3D,4D,5D;. The van der Waals surface area contributed by atoms with E-state index < -0.39 is 0 Å². The van der Waals surface area contributed by atoms with Gasteiger partial charge in [-0.15, -0.1) is 0 Å². The molecular weight excluding hydrogens is 226 g/mol. The molecule has 0 aliphatic carbocycles. The summed E-state index contributed by atoms with van der Waals surface area (Å²) in [6.07, 6.45) is 0. The Morgan fingerprint density at radius 2 is 1.93 bits per heavy atom. The van der Waals surface area contributed by atoms with Crippen LogP contribution in [0.5, 0.6) is 0 Å². The summed E-state index contributed by atoms with van der Waals surface area (Å²) in [4.78, 5) is 1.82. The molecule has 0 bridgehead atoms. The van der Waals surface area contributed by atoms with Crippen molar-refractivity contribution in [2.24, 2.45) is 0 Å². The van der Waals surface area contributed by atoms with Crippen LogP contribution in [0.1, 0.15) is 17.9 Å². The van der Waals surface area contributed by atoms with E-state index in [-0.39, 0.29) is 71.5 Å². The van der Waals surface area contributed by atoms with Gasteiger partial charge in [-0.3, -0.25) is 0 Å². The average Bonchev–Trinajstić information content (AvgIpc) is 2.78. The van der Waals surface area contributed by atoms with Crippen LogP contribution in [0.2, 0.25) is 0 Å². The zero-order valence-electron chi connectivity index (χ0n) is 17.5. The van der Waals surface area contributed by atoms with Crippen LogP contribution >= 0.6 is 0 Å². The van der Waals surface area contributed by atoms with E-state index in [4.69, 9.17) is 12.3 Å². The van der Waals surface area contributed by atoms with Crippen molar-refractivity contribution in [1.82, 2.24) is 4.90 Å². The predicted molar refractivity (Wildman–Crippen MR) is 61.5 cm³/mol. The van der Waals surface area contributed by atoms with Gasteiger partial charge < -0.3 is 4.90 Å². The Hall–Kier alpha value is -0.821. The van der Waals surface area contributed by atoms with Crippen molar-refractivity contribution in [3.63, 3.8) is 0 Å². The van der Waals surface area contributed by atoms with Crippen molar-refractivity contribution < 1.29 is 29.4 Å². The molecule has 0 aromatic heterocycles. The van der Waals surface area contributed by atoms with Crippen LogP contribution in [0.25, 0.3) is 0 Å². The molecule has 82 valence electrons. The van der Waals surface area contributed by atoms with E-state index in [9.17, 15) is 0 Å². The molecule has 0 heterocycles. The maximum atomic E-state index is 7.50. The summed E-state index contributed by atoms with van der Waals surface area (Å²) in [6.45, 7) is 0.447. The Balaban J connectivity index is 0.000000436. The minimum Gasteiger partial charge on any atom is -0.317 e. The molecular formula is C13H17FeN. The van der Waals surface area contributed by atoms with E-state index in [0.717, 1.165) is 0 Å². The third-order valence-electron chi connectivity index (χ3n) is 1.28. The smallest absolute Gasteiger partial charge is 0.317 e. The topological polar surface area (TPSA) is 3.24 Å². The fourth-order valence-electron chi connectivity index (χ4n) is 0.796.